The minimum absolute atomic E-state index is 0.0947. The van der Waals surface area contributed by atoms with Crippen molar-refractivity contribution in [2.75, 3.05) is 49.9 Å². The Bertz CT molecular complexity index is 585. The molecule has 0 bridgehead atoms. The van der Waals surface area contributed by atoms with Crippen LogP contribution in [0.3, 0.4) is 0 Å². The molecule has 1 saturated heterocycles. The predicted molar refractivity (Wildman–Crippen MR) is 92.8 cm³/mol. The molecule has 124 valence electrons. The Morgan fingerprint density at radius 1 is 1.17 bits per heavy atom. The number of fused-ring (bicyclic) bond motifs is 1. The van der Waals surface area contributed by atoms with Crippen LogP contribution in [0.25, 0.3) is 0 Å². The van der Waals surface area contributed by atoms with E-state index in [1.54, 1.807) is 16.7 Å². The summed E-state index contributed by atoms with van der Waals surface area (Å²) in [6, 6.07) is 7.92. The van der Waals surface area contributed by atoms with Crippen LogP contribution < -0.4 is 4.90 Å². The molecule has 3 rings (SSSR count). The van der Waals surface area contributed by atoms with E-state index >= 15 is 0 Å². The van der Waals surface area contributed by atoms with Crippen LogP contribution >= 0.6 is 11.8 Å². The molecular formula is C17H23N3O2S. The molecule has 1 aromatic carbocycles. The van der Waals surface area contributed by atoms with Crippen molar-refractivity contribution in [1.82, 2.24) is 9.80 Å². The molecule has 0 saturated carbocycles. The quantitative estimate of drug-likeness (QED) is 0.841. The second-order valence-corrected chi connectivity index (χ2v) is 6.88. The van der Waals surface area contributed by atoms with E-state index in [2.05, 4.69) is 11.8 Å². The van der Waals surface area contributed by atoms with E-state index < -0.39 is 0 Å². The number of piperazine rings is 1. The number of hydrogen-bond acceptors (Lipinski definition) is 4. The summed E-state index contributed by atoms with van der Waals surface area (Å²) in [6.07, 6.45) is 0.400. The maximum Gasteiger partial charge on any atom is 0.237 e. The Hall–Kier alpha value is -1.53. The van der Waals surface area contributed by atoms with E-state index in [1.165, 1.54) is 0 Å². The van der Waals surface area contributed by atoms with Crippen molar-refractivity contribution in [3.8, 4) is 0 Å². The Morgan fingerprint density at radius 3 is 2.65 bits per heavy atom. The van der Waals surface area contributed by atoms with Crippen molar-refractivity contribution in [3.05, 3.63) is 24.3 Å². The fraction of sp³-hybridized carbons (Fsp3) is 0.529. The predicted octanol–water partition coefficient (Wildman–Crippen LogP) is 1.68. The molecule has 23 heavy (non-hydrogen) atoms. The smallest absolute Gasteiger partial charge is 0.237 e. The molecule has 0 aromatic heterocycles. The van der Waals surface area contributed by atoms with Crippen LogP contribution in [-0.4, -0.2) is 66.6 Å². The molecule has 1 aromatic rings. The van der Waals surface area contributed by atoms with Gasteiger partial charge in [-0.3, -0.25) is 9.59 Å². The van der Waals surface area contributed by atoms with Gasteiger partial charge in [0, 0.05) is 44.0 Å². The SMILES string of the molecule is CCN1CCN(C(=O)CCN2C(=O)CSc3ccccc32)CC1. The van der Waals surface area contributed by atoms with Crippen LogP contribution in [0.2, 0.25) is 0 Å². The molecule has 0 N–H and O–H groups in total. The van der Waals surface area contributed by atoms with Gasteiger partial charge in [0.1, 0.15) is 0 Å². The molecule has 0 radical (unpaired) electrons. The second kappa shape index (κ2) is 7.36. The van der Waals surface area contributed by atoms with Gasteiger partial charge >= 0.3 is 0 Å². The third-order valence-corrected chi connectivity index (χ3v) is 5.58. The first-order valence-corrected chi connectivity index (χ1v) is 9.20. The van der Waals surface area contributed by atoms with Gasteiger partial charge in [0.2, 0.25) is 11.8 Å². The number of thioether (sulfide) groups is 1. The summed E-state index contributed by atoms with van der Waals surface area (Å²) in [4.78, 5) is 31.8. The zero-order valence-corrected chi connectivity index (χ0v) is 14.3. The van der Waals surface area contributed by atoms with Gasteiger partial charge < -0.3 is 14.7 Å². The molecule has 0 aliphatic carbocycles. The highest BCUT2D eigenvalue weighted by Crippen LogP contribution is 2.34. The van der Waals surface area contributed by atoms with Crippen molar-refractivity contribution in [2.45, 2.75) is 18.2 Å². The number of hydrogen-bond donors (Lipinski definition) is 0. The first-order valence-electron chi connectivity index (χ1n) is 8.21. The maximum atomic E-state index is 12.4. The second-order valence-electron chi connectivity index (χ2n) is 5.87. The van der Waals surface area contributed by atoms with Gasteiger partial charge in [0.15, 0.2) is 0 Å². The van der Waals surface area contributed by atoms with Crippen molar-refractivity contribution < 1.29 is 9.59 Å². The third kappa shape index (κ3) is 3.70. The van der Waals surface area contributed by atoms with Crippen molar-refractivity contribution in [3.63, 3.8) is 0 Å². The summed E-state index contributed by atoms with van der Waals surface area (Å²) in [7, 11) is 0. The number of amides is 2. The molecule has 0 atom stereocenters. The summed E-state index contributed by atoms with van der Waals surface area (Å²) in [5, 5.41) is 0. The highest BCUT2D eigenvalue weighted by Gasteiger charge is 2.26. The fourth-order valence-corrected chi connectivity index (χ4v) is 4.01. The van der Waals surface area contributed by atoms with Gasteiger partial charge in [0.05, 0.1) is 11.4 Å². The molecule has 0 spiro atoms. The summed E-state index contributed by atoms with van der Waals surface area (Å²) in [5.74, 6) is 0.710. The van der Waals surface area contributed by atoms with Crippen molar-refractivity contribution >= 4 is 29.3 Å². The average molecular weight is 333 g/mol. The van der Waals surface area contributed by atoms with Gasteiger partial charge in [-0.05, 0) is 18.7 Å². The van der Waals surface area contributed by atoms with Crippen LogP contribution in [0, 0.1) is 0 Å². The molecule has 2 amide bonds. The monoisotopic (exact) mass is 333 g/mol. The Labute approximate surface area is 141 Å². The largest absolute Gasteiger partial charge is 0.340 e. The molecule has 1 fully saturated rings. The first kappa shape index (κ1) is 16.3. The van der Waals surface area contributed by atoms with Gasteiger partial charge in [0.25, 0.3) is 0 Å². The van der Waals surface area contributed by atoms with E-state index in [-0.39, 0.29) is 11.8 Å². The molecule has 6 heteroatoms. The van der Waals surface area contributed by atoms with E-state index in [0.717, 1.165) is 43.3 Å². The number of rotatable bonds is 4. The first-order chi connectivity index (χ1) is 11.2. The number of para-hydroxylation sites is 1. The molecule has 2 heterocycles. The van der Waals surface area contributed by atoms with E-state index in [1.807, 2.05) is 29.2 Å². The zero-order valence-electron chi connectivity index (χ0n) is 13.5. The highest BCUT2D eigenvalue weighted by atomic mass is 32.2. The van der Waals surface area contributed by atoms with Crippen molar-refractivity contribution in [1.29, 1.82) is 0 Å². The minimum Gasteiger partial charge on any atom is -0.340 e. The number of anilines is 1. The van der Waals surface area contributed by atoms with Crippen molar-refractivity contribution in [2.24, 2.45) is 0 Å². The third-order valence-electron chi connectivity index (χ3n) is 4.53. The number of carbonyl (C=O) groups is 2. The molecular weight excluding hydrogens is 310 g/mol. The summed E-state index contributed by atoms with van der Waals surface area (Å²) in [6.45, 7) is 7.16. The summed E-state index contributed by atoms with van der Waals surface area (Å²) >= 11 is 1.57. The van der Waals surface area contributed by atoms with E-state index in [0.29, 0.717) is 18.7 Å². The van der Waals surface area contributed by atoms with Crippen LogP contribution in [0.15, 0.2) is 29.2 Å². The van der Waals surface area contributed by atoms with E-state index in [9.17, 15) is 9.59 Å². The molecule has 0 unspecified atom stereocenters. The highest BCUT2D eigenvalue weighted by molar-refractivity contribution is 8.00. The number of carbonyl (C=O) groups excluding carboxylic acids is 2. The molecule has 2 aliphatic rings. The lowest BCUT2D eigenvalue weighted by molar-refractivity contribution is -0.132. The van der Waals surface area contributed by atoms with E-state index in [4.69, 9.17) is 0 Å². The Kier molecular flexibility index (Phi) is 5.23. The van der Waals surface area contributed by atoms with Gasteiger partial charge in [-0.25, -0.2) is 0 Å². The number of nitrogens with zero attached hydrogens (tertiary/aromatic N) is 3. The Morgan fingerprint density at radius 2 is 1.91 bits per heavy atom. The standard InChI is InChI=1S/C17H23N3O2S/c1-2-18-9-11-19(12-10-18)16(21)7-8-20-14-5-3-4-6-15(14)23-13-17(20)22/h3-6H,2,7-13H2,1H3. The lowest BCUT2D eigenvalue weighted by atomic mass is 10.2. The lowest BCUT2D eigenvalue weighted by Gasteiger charge is -2.35. The Balaban J connectivity index is 1.58. The fourth-order valence-electron chi connectivity index (χ4n) is 3.08. The molecule has 5 nitrogen and oxygen atoms in total. The number of benzene rings is 1. The van der Waals surface area contributed by atoms with Crippen LogP contribution in [-0.2, 0) is 9.59 Å². The average Bonchev–Trinajstić information content (AvgIpc) is 2.60. The topological polar surface area (TPSA) is 43.9 Å². The number of likely N-dealkylation sites (N-methyl/N-ethyl adjacent to an activating group) is 1. The van der Waals surface area contributed by atoms with Crippen LogP contribution in [0.5, 0.6) is 0 Å². The normalized spacial score (nSPS) is 18.9. The maximum absolute atomic E-state index is 12.4. The van der Waals surface area contributed by atoms with Crippen LogP contribution in [0.1, 0.15) is 13.3 Å². The van der Waals surface area contributed by atoms with Gasteiger partial charge in [-0.1, -0.05) is 19.1 Å². The zero-order chi connectivity index (χ0) is 16.2. The lowest BCUT2D eigenvalue weighted by Crippen LogP contribution is -2.49. The van der Waals surface area contributed by atoms with Crippen LogP contribution in [0.4, 0.5) is 5.69 Å². The minimum atomic E-state index is 0.0947. The summed E-state index contributed by atoms with van der Waals surface area (Å²) < 4.78 is 0. The van der Waals surface area contributed by atoms with Gasteiger partial charge in [-0.2, -0.15) is 0 Å². The summed E-state index contributed by atoms with van der Waals surface area (Å²) in [5.41, 5.74) is 0.942. The van der Waals surface area contributed by atoms with Gasteiger partial charge in [-0.15, -0.1) is 11.8 Å². The molecule has 2 aliphatic heterocycles.